The van der Waals surface area contributed by atoms with E-state index in [4.69, 9.17) is 15.9 Å². The van der Waals surface area contributed by atoms with Gasteiger partial charge in [0, 0.05) is 17.7 Å². The maximum absolute atomic E-state index is 13.1. The number of rotatable bonds is 3. The number of nitrogens with two attached hydrogens (primary N) is 1. The van der Waals surface area contributed by atoms with Crippen LogP contribution in [0.4, 0.5) is 4.39 Å². The van der Waals surface area contributed by atoms with Crippen molar-refractivity contribution in [2.75, 3.05) is 0 Å². The zero-order valence-electron chi connectivity index (χ0n) is 7.27. The molecule has 4 nitrogen and oxygen atoms in total. The van der Waals surface area contributed by atoms with Crippen molar-refractivity contribution in [2.24, 2.45) is 5.73 Å². The van der Waals surface area contributed by atoms with Crippen LogP contribution in [0.3, 0.4) is 0 Å². The van der Waals surface area contributed by atoms with Gasteiger partial charge in [-0.3, -0.25) is 4.79 Å². The van der Waals surface area contributed by atoms with Crippen molar-refractivity contribution in [1.82, 2.24) is 0 Å². The predicted octanol–water partition coefficient (Wildman–Crippen LogP) is 1.01. The molecule has 1 atom stereocenters. The molecule has 5 heteroatoms. The lowest BCUT2D eigenvalue weighted by atomic mass is 10.0. The minimum atomic E-state index is -1.09. The number of carboxylic acids is 1. The van der Waals surface area contributed by atoms with E-state index in [1.54, 1.807) is 0 Å². The van der Waals surface area contributed by atoms with Crippen molar-refractivity contribution >= 4 is 5.97 Å². The van der Waals surface area contributed by atoms with Gasteiger partial charge in [-0.25, -0.2) is 4.39 Å². The summed E-state index contributed by atoms with van der Waals surface area (Å²) < 4.78 is 13.1. The Hall–Kier alpha value is -1.62. The minimum Gasteiger partial charge on any atom is -0.508 e. The summed E-state index contributed by atoms with van der Waals surface area (Å²) in [6.07, 6.45) is -0.346. The number of aliphatic carboxylic acids is 1. The van der Waals surface area contributed by atoms with Gasteiger partial charge in [-0.1, -0.05) is 6.07 Å². The molecule has 1 unspecified atom stereocenters. The minimum absolute atomic E-state index is 0.0881. The van der Waals surface area contributed by atoms with E-state index in [1.807, 2.05) is 0 Å². The third kappa shape index (κ3) is 2.43. The molecule has 0 fully saturated rings. The van der Waals surface area contributed by atoms with Crippen LogP contribution in [0.1, 0.15) is 18.0 Å². The van der Waals surface area contributed by atoms with Gasteiger partial charge in [0.25, 0.3) is 0 Å². The molecule has 1 rings (SSSR count). The monoisotopic (exact) mass is 199 g/mol. The van der Waals surface area contributed by atoms with E-state index in [2.05, 4.69) is 0 Å². The van der Waals surface area contributed by atoms with Gasteiger partial charge >= 0.3 is 5.97 Å². The number of halogens is 1. The smallest absolute Gasteiger partial charge is 0.305 e. The maximum Gasteiger partial charge on any atom is 0.305 e. The number of phenolic OH excluding ortho intramolecular Hbond substituents is 1. The van der Waals surface area contributed by atoms with Crippen molar-refractivity contribution in [3.63, 3.8) is 0 Å². The summed E-state index contributed by atoms with van der Waals surface area (Å²) in [6.45, 7) is 0. The molecule has 1 aromatic rings. The largest absolute Gasteiger partial charge is 0.508 e. The number of hydrogen-bond acceptors (Lipinski definition) is 3. The van der Waals surface area contributed by atoms with Crippen LogP contribution in [-0.4, -0.2) is 16.2 Å². The summed E-state index contributed by atoms with van der Waals surface area (Å²) >= 11 is 0. The van der Waals surface area contributed by atoms with E-state index in [-0.39, 0.29) is 17.7 Å². The second kappa shape index (κ2) is 4.06. The first-order chi connectivity index (χ1) is 6.50. The van der Waals surface area contributed by atoms with E-state index in [0.717, 1.165) is 6.07 Å². The van der Waals surface area contributed by atoms with E-state index in [9.17, 15) is 9.18 Å². The first-order valence-corrected chi connectivity index (χ1v) is 3.96. The summed E-state index contributed by atoms with van der Waals surface area (Å²) in [5.41, 5.74) is 5.53. The first kappa shape index (κ1) is 10.5. The van der Waals surface area contributed by atoms with E-state index in [0.29, 0.717) is 0 Å². The number of carbonyl (C=O) groups is 1. The zero-order valence-corrected chi connectivity index (χ0v) is 7.27. The van der Waals surface area contributed by atoms with Crippen LogP contribution < -0.4 is 5.73 Å². The molecule has 0 aromatic heterocycles. The number of benzene rings is 1. The van der Waals surface area contributed by atoms with Gasteiger partial charge in [0.2, 0.25) is 0 Å². The fraction of sp³-hybridized carbons (Fsp3) is 0.222. The quantitative estimate of drug-likeness (QED) is 0.678. The molecule has 4 N–H and O–H groups in total. The molecule has 0 radical (unpaired) electrons. The van der Waals surface area contributed by atoms with Crippen LogP contribution in [0.15, 0.2) is 18.2 Å². The molecule has 0 aliphatic heterocycles. The fourth-order valence-corrected chi connectivity index (χ4v) is 1.11. The van der Waals surface area contributed by atoms with Crippen molar-refractivity contribution < 1.29 is 19.4 Å². The average molecular weight is 199 g/mol. The molecular formula is C9H10FNO3. The van der Waals surface area contributed by atoms with Gasteiger partial charge in [0.1, 0.15) is 11.6 Å². The Labute approximate surface area is 79.8 Å². The highest BCUT2D eigenvalue weighted by molar-refractivity contribution is 5.67. The molecule has 0 amide bonds. The topological polar surface area (TPSA) is 83.6 Å². The van der Waals surface area contributed by atoms with Crippen LogP contribution in [0, 0.1) is 5.82 Å². The molecule has 0 saturated heterocycles. The Kier molecular flexibility index (Phi) is 3.03. The number of carboxylic acid groups (broad SMARTS) is 1. The van der Waals surface area contributed by atoms with Crippen LogP contribution in [-0.2, 0) is 4.79 Å². The van der Waals surface area contributed by atoms with Crippen molar-refractivity contribution in [3.05, 3.63) is 29.6 Å². The number of phenols is 1. The van der Waals surface area contributed by atoms with Crippen molar-refractivity contribution in [3.8, 4) is 5.75 Å². The van der Waals surface area contributed by atoms with Crippen LogP contribution in [0.2, 0.25) is 0 Å². The van der Waals surface area contributed by atoms with Crippen molar-refractivity contribution in [2.45, 2.75) is 12.5 Å². The second-order valence-corrected chi connectivity index (χ2v) is 2.91. The molecular weight excluding hydrogens is 189 g/mol. The Bertz CT molecular complexity index is 354. The van der Waals surface area contributed by atoms with E-state index < -0.39 is 17.8 Å². The van der Waals surface area contributed by atoms with Crippen LogP contribution in [0.25, 0.3) is 0 Å². The van der Waals surface area contributed by atoms with E-state index >= 15 is 0 Å². The van der Waals surface area contributed by atoms with Gasteiger partial charge in [-0.05, 0) is 6.07 Å². The fourth-order valence-electron chi connectivity index (χ4n) is 1.11. The third-order valence-electron chi connectivity index (χ3n) is 1.78. The normalized spacial score (nSPS) is 12.4. The summed E-state index contributed by atoms with van der Waals surface area (Å²) in [4.78, 5) is 10.3. The average Bonchev–Trinajstić information content (AvgIpc) is 2.01. The Morgan fingerprint density at radius 1 is 1.57 bits per heavy atom. The molecule has 0 aliphatic rings. The molecule has 1 aromatic carbocycles. The summed E-state index contributed by atoms with van der Waals surface area (Å²) in [7, 11) is 0. The Morgan fingerprint density at radius 2 is 2.21 bits per heavy atom. The predicted molar refractivity (Wildman–Crippen MR) is 47.2 cm³/mol. The van der Waals surface area contributed by atoms with Crippen molar-refractivity contribution in [1.29, 1.82) is 0 Å². The van der Waals surface area contributed by atoms with Gasteiger partial charge in [-0.15, -0.1) is 0 Å². The van der Waals surface area contributed by atoms with Crippen LogP contribution in [0.5, 0.6) is 5.75 Å². The van der Waals surface area contributed by atoms with Gasteiger partial charge < -0.3 is 15.9 Å². The molecule has 14 heavy (non-hydrogen) atoms. The molecule has 0 bridgehead atoms. The standard InChI is InChI=1S/C9H10FNO3/c10-7-3-5(12)1-2-6(7)8(11)4-9(13)14/h1-3,8,12H,4,11H2,(H,13,14). The molecule has 0 aliphatic carbocycles. The summed E-state index contributed by atoms with van der Waals surface area (Å²) in [6, 6.07) is 2.54. The summed E-state index contributed by atoms with van der Waals surface area (Å²) in [5, 5.41) is 17.3. The highest BCUT2D eigenvalue weighted by atomic mass is 19.1. The van der Waals surface area contributed by atoms with Gasteiger partial charge in [-0.2, -0.15) is 0 Å². The zero-order chi connectivity index (χ0) is 10.7. The highest BCUT2D eigenvalue weighted by Crippen LogP contribution is 2.21. The molecule has 0 spiro atoms. The highest BCUT2D eigenvalue weighted by Gasteiger charge is 2.14. The first-order valence-electron chi connectivity index (χ1n) is 3.96. The lowest BCUT2D eigenvalue weighted by molar-refractivity contribution is -0.137. The Morgan fingerprint density at radius 3 is 2.71 bits per heavy atom. The van der Waals surface area contributed by atoms with Gasteiger partial charge in [0.05, 0.1) is 6.42 Å². The molecule has 76 valence electrons. The number of aromatic hydroxyl groups is 1. The Balaban J connectivity index is 2.90. The summed E-state index contributed by atoms with van der Waals surface area (Å²) in [5.74, 6) is -2.00. The second-order valence-electron chi connectivity index (χ2n) is 2.91. The lowest BCUT2D eigenvalue weighted by Gasteiger charge is -2.10. The third-order valence-corrected chi connectivity index (χ3v) is 1.78. The lowest BCUT2D eigenvalue weighted by Crippen LogP contribution is -2.16. The maximum atomic E-state index is 13.1. The van der Waals surface area contributed by atoms with Gasteiger partial charge in [0.15, 0.2) is 0 Å². The van der Waals surface area contributed by atoms with E-state index in [1.165, 1.54) is 12.1 Å². The number of hydrogen-bond donors (Lipinski definition) is 3. The van der Waals surface area contributed by atoms with Crippen LogP contribution >= 0.6 is 0 Å². The SMILES string of the molecule is NC(CC(=O)O)c1ccc(O)cc1F. The molecule has 0 saturated carbocycles. The molecule has 0 heterocycles.